The Morgan fingerprint density at radius 1 is 1.36 bits per heavy atom. The maximum absolute atomic E-state index is 11.2. The Bertz CT molecular complexity index is 265. The molecule has 2 atom stereocenters. The molecule has 0 amide bonds. The minimum atomic E-state index is -2.90. The molecular weight excluding hydrogens is 272 g/mol. The molecule has 1 aliphatic heterocycles. The van der Waals surface area contributed by atoms with Crippen molar-refractivity contribution in [3.8, 4) is 0 Å². The van der Waals surface area contributed by atoms with Gasteiger partial charge >= 0.3 is 0 Å². The van der Waals surface area contributed by atoms with Gasteiger partial charge in [0.15, 0.2) is 9.84 Å². The summed E-state index contributed by atoms with van der Waals surface area (Å²) in [6.45, 7) is 3.54. The van der Waals surface area contributed by atoms with Crippen LogP contribution in [0, 0.1) is 0 Å². The summed E-state index contributed by atoms with van der Waals surface area (Å²) in [4.78, 5) is -0.0749. The van der Waals surface area contributed by atoms with Gasteiger partial charge in [0.2, 0.25) is 0 Å². The number of ether oxygens (including phenoxy) is 2. The minimum absolute atomic E-state index is 0.0749. The molecule has 14 heavy (non-hydrogen) atoms. The predicted molar refractivity (Wildman–Crippen MR) is 57.6 cm³/mol. The highest BCUT2D eigenvalue weighted by Crippen LogP contribution is 2.22. The third-order valence-corrected chi connectivity index (χ3v) is 5.04. The van der Waals surface area contributed by atoms with Gasteiger partial charge in [-0.05, 0) is 6.92 Å². The molecule has 1 fully saturated rings. The summed E-state index contributed by atoms with van der Waals surface area (Å²) >= 11 is 3.30. The van der Waals surface area contributed by atoms with E-state index in [1.807, 2.05) is 6.92 Å². The van der Waals surface area contributed by atoms with Gasteiger partial charge in [0.25, 0.3) is 0 Å². The maximum Gasteiger partial charge on any atom is 0.154 e. The molecule has 6 heteroatoms. The Morgan fingerprint density at radius 3 is 2.57 bits per heavy atom. The second-order valence-corrected chi connectivity index (χ2v) is 6.53. The zero-order chi connectivity index (χ0) is 10.6. The van der Waals surface area contributed by atoms with Crippen LogP contribution in [0.3, 0.4) is 0 Å². The van der Waals surface area contributed by atoms with E-state index in [2.05, 4.69) is 15.9 Å². The van der Waals surface area contributed by atoms with E-state index in [0.717, 1.165) is 0 Å². The molecule has 0 aromatic carbocycles. The number of alkyl halides is 1. The van der Waals surface area contributed by atoms with Crippen molar-refractivity contribution in [2.45, 2.75) is 17.9 Å². The molecule has 1 saturated heterocycles. The quantitative estimate of drug-likeness (QED) is 0.549. The molecule has 1 heterocycles. The average Bonchev–Trinajstić information content (AvgIpc) is 2.34. The van der Waals surface area contributed by atoms with E-state index in [1.165, 1.54) is 0 Å². The minimum Gasteiger partial charge on any atom is -0.379 e. The highest BCUT2D eigenvalue weighted by molar-refractivity contribution is 9.09. The second kappa shape index (κ2) is 5.44. The lowest BCUT2D eigenvalue weighted by atomic mass is 10.3. The number of sulfone groups is 1. The monoisotopic (exact) mass is 286 g/mol. The van der Waals surface area contributed by atoms with E-state index in [1.54, 1.807) is 0 Å². The zero-order valence-electron chi connectivity index (χ0n) is 8.11. The Morgan fingerprint density at radius 2 is 2.07 bits per heavy atom. The van der Waals surface area contributed by atoms with Crippen LogP contribution in [0.4, 0.5) is 0 Å². The van der Waals surface area contributed by atoms with Crippen LogP contribution in [0.5, 0.6) is 0 Å². The summed E-state index contributed by atoms with van der Waals surface area (Å²) < 4.78 is 32.9. The van der Waals surface area contributed by atoms with Gasteiger partial charge in [0.05, 0.1) is 35.7 Å². The maximum atomic E-state index is 11.2. The molecule has 1 rings (SSSR count). The molecule has 0 aliphatic carbocycles. The highest BCUT2D eigenvalue weighted by Gasteiger charge is 2.36. The van der Waals surface area contributed by atoms with Crippen LogP contribution < -0.4 is 0 Å². The van der Waals surface area contributed by atoms with Gasteiger partial charge in [0.1, 0.15) is 0 Å². The normalized spacial score (nSPS) is 30.7. The van der Waals surface area contributed by atoms with Gasteiger partial charge in [-0.1, -0.05) is 15.9 Å². The number of hydrogen-bond donors (Lipinski definition) is 0. The smallest absolute Gasteiger partial charge is 0.154 e. The molecule has 0 N–H and O–H groups in total. The SMILES string of the molecule is CCOCCOC1CS(=O)(=O)CC1Br. The lowest BCUT2D eigenvalue weighted by Gasteiger charge is -2.13. The molecule has 0 saturated carbocycles. The van der Waals surface area contributed by atoms with Crippen molar-refractivity contribution in [1.82, 2.24) is 0 Å². The summed E-state index contributed by atoms with van der Waals surface area (Å²) in [7, 11) is -2.90. The first-order chi connectivity index (χ1) is 6.55. The molecule has 0 bridgehead atoms. The van der Waals surface area contributed by atoms with Gasteiger partial charge in [-0.15, -0.1) is 0 Å². The van der Waals surface area contributed by atoms with E-state index in [-0.39, 0.29) is 22.4 Å². The first-order valence-corrected chi connectivity index (χ1v) is 7.32. The third kappa shape index (κ3) is 3.84. The van der Waals surface area contributed by atoms with Crippen LogP contribution in [-0.2, 0) is 19.3 Å². The van der Waals surface area contributed by atoms with Gasteiger partial charge < -0.3 is 9.47 Å². The zero-order valence-corrected chi connectivity index (χ0v) is 10.5. The fourth-order valence-corrected chi connectivity index (χ4v) is 4.79. The average molecular weight is 287 g/mol. The fraction of sp³-hybridized carbons (Fsp3) is 1.00. The first kappa shape index (κ1) is 12.4. The number of hydrogen-bond acceptors (Lipinski definition) is 4. The molecule has 0 spiro atoms. The van der Waals surface area contributed by atoms with Crippen LogP contribution in [-0.4, -0.2) is 50.7 Å². The standard InChI is InChI=1S/C8H15BrO4S/c1-2-12-3-4-13-8-6-14(10,11)5-7(8)9/h7-8H,2-6H2,1H3. The topological polar surface area (TPSA) is 52.6 Å². The van der Waals surface area contributed by atoms with Crippen LogP contribution in [0.25, 0.3) is 0 Å². The number of halogens is 1. The largest absolute Gasteiger partial charge is 0.379 e. The molecular formula is C8H15BrO4S. The van der Waals surface area contributed by atoms with Crippen LogP contribution in [0.15, 0.2) is 0 Å². The van der Waals surface area contributed by atoms with Crippen molar-refractivity contribution in [2.75, 3.05) is 31.3 Å². The van der Waals surface area contributed by atoms with Crippen molar-refractivity contribution >= 4 is 25.8 Å². The van der Waals surface area contributed by atoms with E-state index in [9.17, 15) is 8.42 Å². The van der Waals surface area contributed by atoms with Crippen LogP contribution in [0.2, 0.25) is 0 Å². The molecule has 2 unspecified atom stereocenters. The molecule has 0 aromatic rings. The Hall–Kier alpha value is 0.350. The summed E-state index contributed by atoms with van der Waals surface area (Å²) in [5.74, 6) is 0.293. The highest BCUT2D eigenvalue weighted by atomic mass is 79.9. The summed E-state index contributed by atoms with van der Waals surface area (Å²) in [5, 5.41) is 0. The van der Waals surface area contributed by atoms with Crippen LogP contribution >= 0.6 is 15.9 Å². The number of rotatable bonds is 5. The third-order valence-electron chi connectivity index (χ3n) is 2.00. The molecule has 1 aliphatic rings. The van der Waals surface area contributed by atoms with Gasteiger partial charge in [-0.25, -0.2) is 8.42 Å². The van der Waals surface area contributed by atoms with Crippen molar-refractivity contribution < 1.29 is 17.9 Å². The van der Waals surface area contributed by atoms with Crippen molar-refractivity contribution in [3.63, 3.8) is 0 Å². The van der Waals surface area contributed by atoms with E-state index < -0.39 is 9.84 Å². The lowest BCUT2D eigenvalue weighted by Crippen LogP contribution is -2.24. The Balaban J connectivity index is 2.25. The summed E-state index contributed by atoms with van der Waals surface area (Å²) in [6.07, 6.45) is -0.222. The molecule has 0 radical (unpaired) electrons. The van der Waals surface area contributed by atoms with Crippen LogP contribution in [0.1, 0.15) is 6.92 Å². The van der Waals surface area contributed by atoms with Crippen molar-refractivity contribution in [1.29, 1.82) is 0 Å². The fourth-order valence-electron chi connectivity index (χ4n) is 1.33. The van der Waals surface area contributed by atoms with E-state index in [4.69, 9.17) is 9.47 Å². The van der Waals surface area contributed by atoms with E-state index in [0.29, 0.717) is 19.8 Å². The summed E-state index contributed by atoms with van der Waals surface area (Å²) in [6, 6.07) is 0. The van der Waals surface area contributed by atoms with Gasteiger partial charge in [0, 0.05) is 6.61 Å². The predicted octanol–water partition coefficient (Wildman–Crippen LogP) is 0.600. The lowest BCUT2D eigenvalue weighted by molar-refractivity contribution is 0.0213. The Labute approximate surface area is 93.0 Å². The van der Waals surface area contributed by atoms with Crippen molar-refractivity contribution in [2.24, 2.45) is 0 Å². The Kier molecular flexibility index (Phi) is 4.82. The van der Waals surface area contributed by atoms with E-state index >= 15 is 0 Å². The molecule has 4 nitrogen and oxygen atoms in total. The molecule has 84 valence electrons. The second-order valence-electron chi connectivity index (χ2n) is 3.20. The molecule has 0 aromatic heterocycles. The van der Waals surface area contributed by atoms with Crippen molar-refractivity contribution in [3.05, 3.63) is 0 Å². The first-order valence-electron chi connectivity index (χ1n) is 4.59. The van der Waals surface area contributed by atoms with Gasteiger partial charge in [-0.3, -0.25) is 0 Å². The summed E-state index contributed by atoms with van der Waals surface area (Å²) in [5.41, 5.74) is 0. The van der Waals surface area contributed by atoms with Gasteiger partial charge in [-0.2, -0.15) is 0 Å².